The van der Waals surface area contributed by atoms with Gasteiger partial charge in [-0.15, -0.1) is 0 Å². The molecule has 1 N–H and O–H groups in total. The van der Waals surface area contributed by atoms with Crippen LogP contribution in [0.2, 0.25) is 5.02 Å². The summed E-state index contributed by atoms with van der Waals surface area (Å²) in [7, 11) is -3.98. The Morgan fingerprint density at radius 2 is 1.89 bits per heavy atom. The van der Waals surface area contributed by atoms with Crippen molar-refractivity contribution >= 4 is 50.7 Å². The van der Waals surface area contributed by atoms with E-state index in [1.807, 2.05) is 30.3 Å². The van der Waals surface area contributed by atoms with Gasteiger partial charge < -0.3 is 5.32 Å². The van der Waals surface area contributed by atoms with Gasteiger partial charge in [0.15, 0.2) is 5.16 Å². The molecule has 0 unspecified atom stereocenters. The van der Waals surface area contributed by atoms with Gasteiger partial charge in [0.1, 0.15) is 10.7 Å². The van der Waals surface area contributed by atoms with E-state index >= 15 is 0 Å². The maximum atomic E-state index is 13.8. The summed E-state index contributed by atoms with van der Waals surface area (Å²) in [5.74, 6) is -0.831. The Kier molecular flexibility index (Phi) is 6.89. The van der Waals surface area contributed by atoms with E-state index < -0.39 is 15.8 Å². The van der Waals surface area contributed by atoms with E-state index in [1.165, 1.54) is 16.6 Å². The number of sulfonamides is 1. The van der Waals surface area contributed by atoms with Crippen molar-refractivity contribution in [1.82, 2.24) is 9.97 Å². The summed E-state index contributed by atoms with van der Waals surface area (Å²) in [6.45, 7) is 1.75. The molecule has 0 spiro atoms. The Balaban J connectivity index is 1.42. The van der Waals surface area contributed by atoms with Gasteiger partial charge in [0.2, 0.25) is 5.91 Å². The van der Waals surface area contributed by atoms with Gasteiger partial charge in [0, 0.05) is 16.3 Å². The van der Waals surface area contributed by atoms with Crippen molar-refractivity contribution in [3.8, 4) is 11.3 Å². The molecule has 188 valence electrons. The van der Waals surface area contributed by atoms with Crippen molar-refractivity contribution in [3.05, 3.63) is 94.9 Å². The molecule has 0 atom stereocenters. The molecule has 1 aliphatic rings. The van der Waals surface area contributed by atoms with Crippen LogP contribution in [-0.2, 0) is 21.4 Å². The highest BCUT2D eigenvalue weighted by Crippen LogP contribution is 2.44. The fourth-order valence-corrected chi connectivity index (χ4v) is 6.22. The first-order valence-corrected chi connectivity index (χ1v) is 13.9. The smallest absolute Gasteiger partial charge is 0.268 e. The summed E-state index contributed by atoms with van der Waals surface area (Å²) in [4.78, 5) is 21.1. The fourth-order valence-electron chi connectivity index (χ4n) is 3.88. The zero-order valence-electron chi connectivity index (χ0n) is 19.5. The zero-order valence-corrected chi connectivity index (χ0v) is 21.9. The molecule has 37 heavy (non-hydrogen) atoms. The molecule has 5 rings (SSSR count). The number of aromatic nitrogens is 2. The molecule has 1 aromatic heterocycles. The quantitative estimate of drug-likeness (QED) is 0.243. The standard InChI is InChI=1S/C26H20ClFN4O3S2/c1-16-7-9-19(12-21(16)28)30-24(33)15-36-26-29-13-23-25(31-26)20-10-8-18(27)11-22(20)32(37(23,34)35)14-17-5-3-2-4-6-17/h2-13H,14-15H2,1H3,(H,30,33). The van der Waals surface area contributed by atoms with Gasteiger partial charge in [-0.2, -0.15) is 0 Å². The molecule has 0 saturated heterocycles. The lowest BCUT2D eigenvalue weighted by Crippen LogP contribution is -2.34. The first kappa shape index (κ1) is 25.2. The van der Waals surface area contributed by atoms with Crippen molar-refractivity contribution in [1.29, 1.82) is 0 Å². The highest BCUT2D eigenvalue weighted by Gasteiger charge is 2.37. The minimum atomic E-state index is -3.98. The minimum Gasteiger partial charge on any atom is -0.325 e. The molecule has 0 radical (unpaired) electrons. The highest BCUT2D eigenvalue weighted by molar-refractivity contribution is 7.99. The lowest BCUT2D eigenvalue weighted by Gasteiger charge is -2.31. The lowest BCUT2D eigenvalue weighted by atomic mass is 10.1. The minimum absolute atomic E-state index is 0.0258. The molecule has 4 aromatic rings. The van der Waals surface area contributed by atoms with Crippen LogP contribution in [0.3, 0.4) is 0 Å². The van der Waals surface area contributed by atoms with Crippen LogP contribution < -0.4 is 9.62 Å². The summed E-state index contributed by atoms with van der Waals surface area (Å²) in [6, 6.07) is 18.7. The molecule has 3 aromatic carbocycles. The Morgan fingerprint density at radius 3 is 2.65 bits per heavy atom. The van der Waals surface area contributed by atoms with Gasteiger partial charge in [-0.3, -0.25) is 9.10 Å². The lowest BCUT2D eigenvalue weighted by molar-refractivity contribution is -0.113. The van der Waals surface area contributed by atoms with Gasteiger partial charge in [-0.05, 0) is 48.4 Å². The largest absolute Gasteiger partial charge is 0.325 e. The second-order valence-electron chi connectivity index (χ2n) is 8.32. The average Bonchev–Trinajstić information content (AvgIpc) is 2.88. The Hall–Kier alpha value is -3.47. The molecule has 0 aliphatic carbocycles. The molecule has 1 amide bonds. The van der Waals surface area contributed by atoms with Crippen LogP contribution in [0, 0.1) is 12.7 Å². The zero-order chi connectivity index (χ0) is 26.2. The molecular formula is C26H20ClFN4O3S2. The van der Waals surface area contributed by atoms with Crippen LogP contribution in [0.4, 0.5) is 15.8 Å². The topological polar surface area (TPSA) is 92.3 Å². The number of nitrogens with one attached hydrogen (secondary N) is 1. The molecule has 1 aliphatic heterocycles. The molecule has 11 heteroatoms. The summed E-state index contributed by atoms with van der Waals surface area (Å²) in [5, 5.41) is 3.26. The summed E-state index contributed by atoms with van der Waals surface area (Å²) >= 11 is 7.29. The third-order valence-corrected chi connectivity index (χ3v) is 8.60. The van der Waals surface area contributed by atoms with Gasteiger partial charge in [0.05, 0.1) is 29.9 Å². The fraction of sp³-hybridized carbons (Fsp3) is 0.115. The second-order valence-corrected chi connectivity index (χ2v) is 11.5. The predicted molar refractivity (Wildman–Crippen MR) is 143 cm³/mol. The van der Waals surface area contributed by atoms with E-state index in [4.69, 9.17) is 11.6 Å². The van der Waals surface area contributed by atoms with E-state index in [0.29, 0.717) is 27.5 Å². The van der Waals surface area contributed by atoms with Gasteiger partial charge in [-0.25, -0.2) is 22.8 Å². The Bertz CT molecular complexity index is 1620. The highest BCUT2D eigenvalue weighted by atomic mass is 35.5. The number of amides is 1. The number of hydrogen-bond acceptors (Lipinski definition) is 6. The Morgan fingerprint density at radius 1 is 1.11 bits per heavy atom. The number of fused-ring (bicyclic) bond motifs is 3. The average molecular weight is 555 g/mol. The number of anilines is 2. The number of halogens is 2. The number of hydrogen-bond donors (Lipinski definition) is 1. The van der Waals surface area contributed by atoms with E-state index in [0.717, 1.165) is 17.3 Å². The van der Waals surface area contributed by atoms with Crippen LogP contribution in [-0.4, -0.2) is 30.0 Å². The maximum absolute atomic E-state index is 13.8. The van der Waals surface area contributed by atoms with Crippen molar-refractivity contribution in [2.75, 3.05) is 15.4 Å². The number of carbonyl (C=O) groups excluding carboxylic acids is 1. The first-order chi connectivity index (χ1) is 17.7. The SMILES string of the molecule is Cc1ccc(NC(=O)CSc2ncc3c(n2)-c2ccc(Cl)cc2N(Cc2ccccc2)S3(=O)=O)cc1F. The number of benzene rings is 3. The van der Waals surface area contributed by atoms with E-state index in [9.17, 15) is 17.6 Å². The van der Waals surface area contributed by atoms with Crippen LogP contribution in [0.5, 0.6) is 0 Å². The third-order valence-electron chi connectivity index (χ3n) is 5.74. The van der Waals surface area contributed by atoms with E-state index in [-0.39, 0.29) is 34.0 Å². The van der Waals surface area contributed by atoms with Gasteiger partial charge in [-0.1, -0.05) is 59.8 Å². The van der Waals surface area contributed by atoms with Crippen molar-refractivity contribution in [2.45, 2.75) is 23.5 Å². The molecule has 7 nitrogen and oxygen atoms in total. The predicted octanol–water partition coefficient (Wildman–Crippen LogP) is 5.68. The van der Waals surface area contributed by atoms with Gasteiger partial charge >= 0.3 is 0 Å². The van der Waals surface area contributed by atoms with E-state index in [2.05, 4.69) is 15.3 Å². The summed E-state index contributed by atoms with van der Waals surface area (Å²) in [5.41, 5.74) is 2.89. The van der Waals surface area contributed by atoms with Crippen LogP contribution in [0.25, 0.3) is 11.3 Å². The number of carbonyl (C=O) groups is 1. The van der Waals surface area contributed by atoms with Crippen LogP contribution >= 0.6 is 23.4 Å². The van der Waals surface area contributed by atoms with E-state index in [1.54, 1.807) is 37.3 Å². The van der Waals surface area contributed by atoms with Gasteiger partial charge in [0.25, 0.3) is 10.0 Å². The van der Waals surface area contributed by atoms with Crippen molar-refractivity contribution in [3.63, 3.8) is 0 Å². The maximum Gasteiger partial charge on any atom is 0.268 e. The van der Waals surface area contributed by atoms with Crippen molar-refractivity contribution in [2.24, 2.45) is 0 Å². The van der Waals surface area contributed by atoms with Crippen molar-refractivity contribution < 1.29 is 17.6 Å². The molecule has 0 fully saturated rings. The molecule has 0 saturated carbocycles. The summed E-state index contributed by atoms with van der Waals surface area (Å²) < 4.78 is 42.3. The Labute approximate surface area is 222 Å². The molecule has 0 bridgehead atoms. The number of aryl methyl sites for hydroxylation is 1. The second kappa shape index (κ2) is 10.1. The summed E-state index contributed by atoms with van der Waals surface area (Å²) in [6.07, 6.45) is 1.27. The molecule has 2 heterocycles. The molecular weight excluding hydrogens is 535 g/mol. The third kappa shape index (κ3) is 5.18. The number of nitrogens with zero attached hydrogens (tertiary/aromatic N) is 3. The monoisotopic (exact) mass is 554 g/mol. The first-order valence-electron chi connectivity index (χ1n) is 11.1. The van der Waals surface area contributed by atoms with Crippen LogP contribution in [0.1, 0.15) is 11.1 Å². The number of thioether (sulfide) groups is 1. The van der Waals surface area contributed by atoms with Crippen LogP contribution in [0.15, 0.2) is 83.0 Å². The number of rotatable bonds is 6. The normalized spacial score (nSPS) is 13.5.